The highest BCUT2D eigenvalue weighted by atomic mass is 32.1. The van der Waals surface area contributed by atoms with Gasteiger partial charge in [-0.05, 0) is 36.8 Å². The van der Waals surface area contributed by atoms with Gasteiger partial charge in [0.05, 0.1) is 12.1 Å². The molecule has 0 saturated carbocycles. The summed E-state index contributed by atoms with van der Waals surface area (Å²) in [6, 6.07) is 7.07. The molecule has 0 saturated heterocycles. The Morgan fingerprint density at radius 2 is 2.05 bits per heavy atom. The molecular formula is C14H12FNO3S. The molecule has 104 valence electrons. The Morgan fingerprint density at radius 1 is 1.30 bits per heavy atom. The van der Waals surface area contributed by atoms with Gasteiger partial charge in [0.2, 0.25) is 0 Å². The van der Waals surface area contributed by atoms with Crippen molar-refractivity contribution in [1.82, 2.24) is 0 Å². The number of aryl methyl sites for hydroxylation is 1. The lowest BCUT2D eigenvalue weighted by molar-refractivity contribution is 0.0605. The van der Waals surface area contributed by atoms with Crippen LogP contribution in [0, 0.1) is 12.7 Å². The third-order valence-electron chi connectivity index (χ3n) is 2.61. The van der Waals surface area contributed by atoms with Crippen LogP contribution in [0.1, 0.15) is 25.6 Å². The third kappa shape index (κ3) is 3.03. The van der Waals surface area contributed by atoms with Crippen LogP contribution in [0.4, 0.5) is 9.39 Å². The zero-order valence-corrected chi connectivity index (χ0v) is 11.7. The van der Waals surface area contributed by atoms with E-state index < -0.39 is 17.7 Å². The fraction of sp³-hybridized carbons (Fsp3) is 0.143. The van der Waals surface area contributed by atoms with Crippen molar-refractivity contribution in [2.45, 2.75) is 6.92 Å². The predicted octanol–water partition coefficient (Wildman–Crippen LogP) is 3.23. The minimum absolute atomic E-state index is 0.218. The second kappa shape index (κ2) is 5.83. The maximum atomic E-state index is 13.0. The van der Waals surface area contributed by atoms with Crippen LogP contribution in [0.25, 0.3) is 0 Å². The molecule has 20 heavy (non-hydrogen) atoms. The number of methoxy groups -OCH3 is 1. The first kappa shape index (κ1) is 14.2. The summed E-state index contributed by atoms with van der Waals surface area (Å²) in [5, 5.41) is 3.14. The highest BCUT2D eigenvalue weighted by Crippen LogP contribution is 2.27. The first-order valence-corrected chi connectivity index (χ1v) is 6.58. The summed E-state index contributed by atoms with van der Waals surface area (Å²) in [7, 11) is 1.30. The van der Waals surface area contributed by atoms with E-state index in [1.165, 1.54) is 25.3 Å². The van der Waals surface area contributed by atoms with Gasteiger partial charge in [-0.2, -0.15) is 0 Å². The lowest BCUT2D eigenvalue weighted by Crippen LogP contribution is -2.10. The topological polar surface area (TPSA) is 55.4 Å². The minimum atomic E-state index is -0.477. The molecule has 0 bridgehead atoms. The van der Waals surface area contributed by atoms with Crippen LogP contribution in [0.2, 0.25) is 0 Å². The van der Waals surface area contributed by atoms with E-state index in [-0.39, 0.29) is 5.56 Å². The number of nitrogens with one attached hydrogen (secondary N) is 1. The summed E-state index contributed by atoms with van der Waals surface area (Å²) in [5.74, 6) is -1.35. The number of halogens is 1. The van der Waals surface area contributed by atoms with Crippen molar-refractivity contribution in [2.24, 2.45) is 0 Å². The SMILES string of the molecule is COC(=O)c1sc(NC(=O)c2cccc(F)c2)cc1C. The van der Waals surface area contributed by atoms with Crippen molar-refractivity contribution in [2.75, 3.05) is 12.4 Å². The molecule has 0 radical (unpaired) electrons. The molecule has 1 N–H and O–H groups in total. The van der Waals surface area contributed by atoms with Gasteiger partial charge in [0.25, 0.3) is 5.91 Å². The van der Waals surface area contributed by atoms with E-state index in [0.717, 1.165) is 23.0 Å². The van der Waals surface area contributed by atoms with Crippen LogP contribution in [0.3, 0.4) is 0 Å². The fourth-order valence-corrected chi connectivity index (χ4v) is 2.64. The predicted molar refractivity (Wildman–Crippen MR) is 74.7 cm³/mol. The van der Waals surface area contributed by atoms with Gasteiger partial charge in [-0.15, -0.1) is 11.3 Å². The number of carbonyl (C=O) groups is 2. The average molecular weight is 293 g/mol. The van der Waals surface area contributed by atoms with Gasteiger partial charge in [-0.3, -0.25) is 4.79 Å². The maximum Gasteiger partial charge on any atom is 0.348 e. The van der Waals surface area contributed by atoms with Crippen LogP contribution in [0.5, 0.6) is 0 Å². The van der Waals surface area contributed by atoms with E-state index in [2.05, 4.69) is 10.1 Å². The molecule has 0 aliphatic rings. The Labute approximate surface area is 119 Å². The molecule has 6 heteroatoms. The summed E-state index contributed by atoms with van der Waals surface area (Å²) < 4.78 is 17.7. The molecule has 0 unspecified atom stereocenters. The van der Waals surface area contributed by atoms with E-state index in [4.69, 9.17) is 0 Å². The molecule has 0 aliphatic heterocycles. The van der Waals surface area contributed by atoms with Crippen molar-refractivity contribution >= 4 is 28.2 Å². The normalized spacial score (nSPS) is 10.2. The first-order chi connectivity index (χ1) is 9.51. The lowest BCUT2D eigenvalue weighted by Gasteiger charge is -2.02. The molecule has 0 atom stereocenters. The molecule has 2 aromatic rings. The molecule has 1 heterocycles. The Hall–Kier alpha value is -2.21. The van der Waals surface area contributed by atoms with Crippen molar-refractivity contribution < 1.29 is 18.7 Å². The van der Waals surface area contributed by atoms with Crippen LogP contribution in [-0.2, 0) is 4.74 Å². The van der Waals surface area contributed by atoms with E-state index >= 15 is 0 Å². The number of rotatable bonds is 3. The van der Waals surface area contributed by atoms with Gasteiger partial charge in [0, 0.05) is 5.56 Å². The Kier molecular flexibility index (Phi) is 4.14. The number of hydrogen-bond donors (Lipinski definition) is 1. The third-order valence-corrected chi connectivity index (χ3v) is 3.74. The van der Waals surface area contributed by atoms with Crippen molar-refractivity contribution in [3.63, 3.8) is 0 Å². The Balaban J connectivity index is 2.18. The zero-order valence-electron chi connectivity index (χ0n) is 10.9. The number of carbonyl (C=O) groups excluding carboxylic acids is 2. The van der Waals surface area contributed by atoms with E-state index in [1.807, 2.05) is 0 Å². The van der Waals surface area contributed by atoms with Gasteiger partial charge in [-0.25, -0.2) is 9.18 Å². The molecule has 1 aromatic carbocycles. The zero-order chi connectivity index (χ0) is 14.7. The lowest BCUT2D eigenvalue weighted by atomic mass is 10.2. The largest absolute Gasteiger partial charge is 0.465 e. The van der Waals surface area contributed by atoms with Crippen molar-refractivity contribution in [3.8, 4) is 0 Å². The number of amides is 1. The van der Waals surface area contributed by atoms with Gasteiger partial charge in [0.15, 0.2) is 0 Å². The van der Waals surface area contributed by atoms with E-state index in [0.29, 0.717) is 9.88 Å². The van der Waals surface area contributed by atoms with E-state index in [9.17, 15) is 14.0 Å². The fourth-order valence-electron chi connectivity index (χ4n) is 1.65. The van der Waals surface area contributed by atoms with Gasteiger partial charge in [0.1, 0.15) is 10.7 Å². The van der Waals surface area contributed by atoms with Gasteiger partial charge in [-0.1, -0.05) is 6.07 Å². The summed E-state index contributed by atoms with van der Waals surface area (Å²) in [5.41, 5.74) is 0.937. The summed E-state index contributed by atoms with van der Waals surface area (Å²) >= 11 is 1.12. The number of thiophene rings is 1. The monoisotopic (exact) mass is 293 g/mol. The number of benzene rings is 1. The summed E-state index contributed by atoms with van der Waals surface area (Å²) in [6.45, 7) is 1.75. The van der Waals surface area contributed by atoms with Crippen LogP contribution in [0.15, 0.2) is 30.3 Å². The molecule has 1 aromatic heterocycles. The molecule has 1 amide bonds. The molecule has 2 rings (SSSR count). The van der Waals surface area contributed by atoms with Gasteiger partial charge >= 0.3 is 5.97 Å². The van der Waals surface area contributed by atoms with Crippen molar-refractivity contribution in [3.05, 3.63) is 52.2 Å². The van der Waals surface area contributed by atoms with E-state index in [1.54, 1.807) is 13.0 Å². The molecule has 0 spiro atoms. The summed E-state index contributed by atoms with van der Waals surface area (Å²) in [4.78, 5) is 23.8. The Bertz CT molecular complexity index is 666. The maximum absolute atomic E-state index is 13.0. The second-order valence-electron chi connectivity index (χ2n) is 4.08. The highest BCUT2D eigenvalue weighted by Gasteiger charge is 2.15. The van der Waals surface area contributed by atoms with Gasteiger partial charge < -0.3 is 10.1 Å². The average Bonchev–Trinajstić information content (AvgIpc) is 2.78. The summed E-state index contributed by atoms with van der Waals surface area (Å²) in [6.07, 6.45) is 0. The molecule has 0 fully saturated rings. The smallest absolute Gasteiger partial charge is 0.348 e. The Morgan fingerprint density at radius 3 is 2.70 bits per heavy atom. The van der Waals surface area contributed by atoms with Crippen LogP contribution < -0.4 is 5.32 Å². The molecule has 4 nitrogen and oxygen atoms in total. The van der Waals surface area contributed by atoms with Crippen LogP contribution >= 0.6 is 11.3 Å². The minimum Gasteiger partial charge on any atom is -0.465 e. The number of hydrogen-bond acceptors (Lipinski definition) is 4. The number of anilines is 1. The standard InChI is InChI=1S/C14H12FNO3S/c1-8-6-11(20-12(8)14(18)19-2)16-13(17)9-4-3-5-10(15)7-9/h3-7H,1-2H3,(H,16,17). The van der Waals surface area contributed by atoms with Crippen molar-refractivity contribution in [1.29, 1.82) is 0 Å². The molecular weight excluding hydrogens is 281 g/mol. The molecule has 0 aliphatic carbocycles. The highest BCUT2D eigenvalue weighted by molar-refractivity contribution is 7.18. The number of esters is 1. The quantitative estimate of drug-likeness (QED) is 0.884. The second-order valence-corrected chi connectivity index (χ2v) is 5.13. The number of ether oxygens (including phenoxy) is 1. The first-order valence-electron chi connectivity index (χ1n) is 5.77. The van der Waals surface area contributed by atoms with Crippen LogP contribution in [-0.4, -0.2) is 19.0 Å².